The zero-order chi connectivity index (χ0) is 24.6. The number of hydrogen-bond acceptors (Lipinski definition) is 5. The number of nitrogens with one attached hydrogen (secondary N) is 1. The molecular weight excluding hydrogens is 452 g/mol. The Labute approximate surface area is 208 Å². The van der Waals surface area contributed by atoms with Gasteiger partial charge in [-0.15, -0.1) is 0 Å². The van der Waals surface area contributed by atoms with Gasteiger partial charge in [-0.1, -0.05) is 30.3 Å². The van der Waals surface area contributed by atoms with E-state index in [0.29, 0.717) is 25.9 Å². The van der Waals surface area contributed by atoms with E-state index in [-0.39, 0.29) is 18.6 Å². The summed E-state index contributed by atoms with van der Waals surface area (Å²) in [6.45, 7) is 1.32. The van der Waals surface area contributed by atoms with Crippen LogP contribution in [0.15, 0.2) is 42.5 Å². The van der Waals surface area contributed by atoms with Crippen LogP contribution in [-0.2, 0) is 24.3 Å². The predicted molar refractivity (Wildman–Crippen MR) is 136 cm³/mol. The first-order valence-electron chi connectivity index (χ1n) is 12.5. The third-order valence-corrected chi connectivity index (χ3v) is 8.07. The summed E-state index contributed by atoms with van der Waals surface area (Å²) in [5, 5.41) is 26.2. The molecule has 7 nitrogen and oxygen atoms in total. The van der Waals surface area contributed by atoms with Crippen LogP contribution in [0.3, 0.4) is 0 Å². The lowest BCUT2D eigenvalue weighted by Crippen LogP contribution is -2.16. The molecule has 1 amide bonds. The molecule has 7 heteroatoms. The molecule has 0 bridgehead atoms. The number of amides is 1. The number of nitriles is 1. The quantitative estimate of drug-likeness (QED) is 0.404. The van der Waals surface area contributed by atoms with Crippen LogP contribution in [0.4, 0.5) is 0 Å². The fourth-order valence-corrected chi connectivity index (χ4v) is 6.56. The number of fused-ring (bicyclic) bond motifs is 10. The zero-order valence-electron chi connectivity index (χ0n) is 20.0. The van der Waals surface area contributed by atoms with Crippen LogP contribution in [-0.4, -0.2) is 40.4 Å². The van der Waals surface area contributed by atoms with Crippen LogP contribution >= 0.6 is 0 Å². The van der Waals surface area contributed by atoms with Crippen LogP contribution in [0.25, 0.3) is 32.9 Å². The second-order valence-electron chi connectivity index (χ2n) is 9.97. The maximum absolute atomic E-state index is 13.2. The van der Waals surface area contributed by atoms with Crippen molar-refractivity contribution >= 4 is 27.7 Å². The van der Waals surface area contributed by atoms with Crippen molar-refractivity contribution in [2.45, 2.75) is 44.5 Å². The Morgan fingerprint density at radius 3 is 2.86 bits per heavy atom. The minimum atomic E-state index is -0.450. The molecule has 3 aliphatic rings. The van der Waals surface area contributed by atoms with Gasteiger partial charge in [0.05, 0.1) is 23.2 Å². The van der Waals surface area contributed by atoms with Crippen molar-refractivity contribution in [3.05, 3.63) is 70.3 Å². The minimum absolute atomic E-state index is 0.00643. The molecule has 4 aromatic rings. The van der Waals surface area contributed by atoms with Gasteiger partial charge in [0.15, 0.2) is 6.10 Å². The molecule has 3 aromatic carbocycles. The van der Waals surface area contributed by atoms with E-state index in [1.807, 2.05) is 13.1 Å². The average molecular weight is 479 g/mol. The average Bonchev–Trinajstić information content (AvgIpc) is 3.64. The van der Waals surface area contributed by atoms with Gasteiger partial charge in [0, 0.05) is 61.4 Å². The first-order valence-corrected chi connectivity index (χ1v) is 12.5. The second kappa shape index (κ2) is 7.90. The lowest BCUT2D eigenvalue weighted by molar-refractivity contribution is -0.129. The van der Waals surface area contributed by atoms with E-state index < -0.39 is 6.10 Å². The fraction of sp³-hybridized carbons (Fsp3) is 0.310. The third kappa shape index (κ3) is 2.86. The Hall–Kier alpha value is -3.70. The Morgan fingerprint density at radius 1 is 1.19 bits per heavy atom. The van der Waals surface area contributed by atoms with Crippen LogP contribution in [0.5, 0.6) is 0 Å². The topological polar surface area (TPSA) is 90.5 Å². The first kappa shape index (κ1) is 21.6. The summed E-state index contributed by atoms with van der Waals surface area (Å²) in [5.41, 5.74) is 9.89. The van der Waals surface area contributed by atoms with Gasteiger partial charge in [-0.2, -0.15) is 10.3 Å². The maximum atomic E-state index is 13.2. The summed E-state index contributed by atoms with van der Waals surface area (Å²) in [7, 11) is 1.88. The van der Waals surface area contributed by atoms with Gasteiger partial charge in [-0.25, -0.2) is 0 Å². The molecule has 1 aromatic heterocycles. The van der Waals surface area contributed by atoms with E-state index in [0.717, 1.165) is 50.5 Å². The van der Waals surface area contributed by atoms with Crippen LogP contribution in [0.2, 0.25) is 0 Å². The molecule has 1 saturated heterocycles. The predicted octanol–water partition coefficient (Wildman–Crippen LogP) is 4.19. The maximum Gasteiger partial charge on any atom is 0.252 e. The second-order valence-corrected chi connectivity index (χ2v) is 9.97. The highest BCUT2D eigenvalue weighted by Gasteiger charge is 2.36. The van der Waals surface area contributed by atoms with E-state index >= 15 is 0 Å². The Bertz CT molecular complexity index is 1630. The number of aliphatic hydroxyl groups excluding tert-OH is 1. The number of rotatable bonds is 4. The molecule has 0 spiro atoms. The fourth-order valence-electron chi connectivity index (χ4n) is 6.56. The Kier molecular flexibility index (Phi) is 4.74. The normalized spacial score (nSPS) is 20.5. The number of hydrogen-bond donors (Lipinski definition) is 2. The lowest BCUT2D eigenvalue weighted by atomic mass is 9.91. The van der Waals surface area contributed by atoms with Gasteiger partial charge < -0.3 is 15.0 Å². The number of carbonyl (C=O) groups excluding carboxylic acids is 1. The molecule has 0 radical (unpaired) electrons. The summed E-state index contributed by atoms with van der Waals surface area (Å²) in [5.74, 6) is -0.00643. The molecule has 36 heavy (non-hydrogen) atoms. The van der Waals surface area contributed by atoms with Crippen molar-refractivity contribution in [2.24, 2.45) is 0 Å². The highest BCUT2D eigenvalue weighted by Crippen LogP contribution is 2.49. The monoisotopic (exact) mass is 478 g/mol. The molecule has 2 unspecified atom stereocenters. The summed E-state index contributed by atoms with van der Waals surface area (Å²) >= 11 is 0. The van der Waals surface area contributed by atoms with Crippen LogP contribution < -0.4 is 5.32 Å². The van der Waals surface area contributed by atoms with E-state index in [2.05, 4.69) is 52.4 Å². The van der Waals surface area contributed by atoms with E-state index in [1.165, 1.54) is 16.6 Å². The first-order chi connectivity index (χ1) is 17.6. The molecule has 1 aliphatic carbocycles. The molecule has 2 aliphatic heterocycles. The van der Waals surface area contributed by atoms with Gasteiger partial charge in [0.1, 0.15) is 0 Å². The molecule has 1 fully saturated rings. The number of carbonyl (C=O) groups is 1. The molecule has 180 valence electrons. The number of aryl methyl sites for hydroxylation is 1. The lowest BCUT2D eigenvalue weighted by Gasteiger charge is -2.17. The number of nitrogens with zero attached hydrogens (tertiary/aromatic N) is 3. The highest BCUT2D eigenvalue weighted by atomic mass is 16.7. The van der Waals surface area contributed by atoms with Gasteiger partial charge in [-0.3, -0.25) is 9.63 Å². The minimum Gasteiger partial charge on any atom is -0.396 e. The Morgan fingerprint density at radius 2 is 2.06 bits per heavy atom. The van der Waals surface area contributed by atoms with Crippen molar-refractivity contribution < 1.29 is 14.7 Å². The molecular formula is C29H26N4O3. The van der Waals surface area contributed by atoms with E-state index in [9.17, 15) is 15.2 Å². The summed E-state index contributed by atoms with van der Waals surface area (Å²) < 4.78 is 2.34. The summed E-state index contributed by atoms with van der Waals surface area (Å²) in [4.78, 5) is 18.9. The van der Waals surface area contributed by atoms with E-state index in [4.69, 9.17) is 4.84 Å². The highest BCUT2D eigenvalue weighted by molar-refractivity contribution is 6.20. The Balaban J connectivity index is 1.55. The SMILES string of the molecule is CN1OC(C#N)CC1c1ccc2c(c1)c1c3c(c4c(c1n2CCCO)Cc1ccccc1-4)C(=O)NC3. The summed E-state index contributed by atoms with van der Waals surface area (Å²) in [6.07, 6.45) is 1.60. The van der Waals surface area contributed by atoms with Crippen LogP contribution in [0.1, 0.15) is 51.5 Å². The van der Waals surface area contributed by atoms with Gasteiger partial charge in [-0.05, 0) is 46.4 Å². The molecule has 2 N–H and O–H groups in total. The summed E-state index contributed by atoms with van der Waals surface area (Å²) in [6, 6.07) is 17.1. The van der Waals surface area contributed by atoms with E-state index in [1.54, 1.807) is 5.06 Å². The molecule has 2 atom stereocenters. The number of hydroxylamine groups is 2. The van der Waals surface area contributed by atoms with Crippen molar-refractivity contribution in [1.82, 2.24) is 14.9 Å². The molecule has 7 rings (SSSR count). The van der Waals surface area contributed by atoms with Gasteiger partial charge in [0.25, 0.3) is 5.91 Å². The molecule has 0 saturated carbocycles. The standard InChI is InChI=1S/C29H26N4O3/c1-32-24(13-18(14-30)36-32)17-7-8-23-20(12-17)26-22-15-31-29(35)27(22)25-19-6-3-2-5-16(19)11-21(25)28(26)33(23)9-4-10-34/h2-3,5-8,12,18,24,34H,4,9-11,13,15H2,1H3,(H,31,35). The van der Waals surface area contributed by atoms with Gasteiger partial charge in [0.2, 0.25) is 0 Å². The van der Waals surface area contributed by atoms with Crippen molar-refractivity contribution in [2.75, 3.05) is 13.7 Å². The number of aliphatic hydroxyl groups is 1. The van der Waals surface area contributed by atoms with Crippen LogP contribution in [0, 0.1) is 11.3 Å². The number of aromatic nitrogens is 1. The zero-order valence-corrected chi connectivity index (χ0v) is 20.0. The number of benzene rings is 3. The third-order valence-electron chi connectivity index (χ3n) is 8.07. The van der Waals surface area contributed by atoms with Crippen molar-refractivity contribution in [3.8, 4) is 17.2 Å². The van der Waals surface area contributed by atoms with Gasteiger partial charge >= 0.3 is 0 Å². The smallest absolute Gasteiger partial charge is 0.252 e. The molecule has 3 heterocycles. The van der Waals surface area contributed by atoms with Crippen molar-refractivity contribution in [1.29, 1.82) is 5.26 Å². The van der Waals surface area contributed by atoms with Crippen molar-refractivity contribution in [3.63, 3.8) is 0 Å². The largest absolute Gasteiger partial charge is 0.396 e.